The number of aryl methyl sites for hydroxylation is 2. The Morgan fingerprint density at radius 1 is 0.359 bits per heavy atom. The van der Waals surface area contributed by atoms with Crippen molar-refractivity contribution in [2.45, 2.75) is 231 Å². The van der Waals surface area contributed by atoms with Crippen molar-refractivity contribution in [3.8, 4) is 0 Å². The summed E-state index contributed by atoms with van der Waals surface area (Å²) in [5, 5.41) is 80.4. The van der Waals surface area contributed by atoms with Gasteiger partial charge in [0.2, 0.25) is 0 Å². The van der Waals surface area contributed by atoms with Gasteiger partial charge in [0.25, 0.3) is 23.6 Å². The van der Waals surface area contributed by atoms with Crippen LogP contribution in [-0.2, 0) is 111 Å². The summed E-state index contributed by atoms with van der Waals surface area (Å²) in [5.74, 6) is -2.54. The quantitative estimate of drug-likeness (QED) is 0.00553. The van der Waals surface area contributed by atoms with Crippen LogP contribution in [0.5, 0.6) is 0 Å². The number of aromatic nitrogens is 3. The predicted octanol–water partition coefficient (Wildman–Crippen LogP) is 14.1. The van der Waals surface area contributed by atoms with Gasteiger partial charge in [0.1, 0.15) is 70.1 Å². The molecule has 762 valence electrons. The number of unbranched alkanes of at least 4 members (excludes halogenated alkanes) is 8. The first-order valence-electron chi connectivity index (χ1n) is 48.2. The van der Waals surface area contributed by atoms with E-state index in [2.05, 4.69) is 47.1 Å². The standard InChI is InChI=1S/C28H32N4O5.C28H34N4O4.C27H30N4O5S.C27H32N4O4/c1-17(33)25-21-8-5-6-9-22(21)31-26(25)27(35)32-23(28(36)37)16-19-13-11-18(12-14-19)15-20(34)7-3-2-4-10-24(29)30;1-2-21-22-9-6-7-10-23(22)31-26(21)27(34)32-24(28(35)36)17-19-14-12-18(13-15-19)16-20(33)8-4-3-5-11-25(29)30;1-37(36)25-20-8-5-6-9-21(20)30-24(25)26(33)31-22(27(34)35)16-18-13-11-17(12-14-18)15-19(32)7-3-2-4-10-23(28)29;1-17-21-8-5-6-9-22(21)30-25(17)26(33)31-23(27(34)35)16-19-13-11-18(12-14-19)15-20(32)7-3-2-4-10-24(28)29/h5-6,8-9,11-14,23,31H,2-4,7,10,15-16H2,1H3,(H3,29,30)(H,32,35)(H,36,37);6-7,9-10,12-15,24,31H,2-5,8,11,16-17H2,1H3,(H3,29,30)(H,32,34)(H,35,36);5-6,8-9,11-14,22H,1-4,7,10,15-16H2,(H3,28,29)(H,31,33)(H,34,35);5-6,8-9,11-14,23,30H,2-4,7,10,15-16H2,1H3,(H3,28,29)(H,31,33)(H,34,35). The third-order valence-electron chi connectivity index (χ3n) is 24.4. The van der Waals surface area contributed by atoms with Crippen molar-refractivity contribution in [3.05, 3.63) is 278 Å². The fourth-order valence-corrected chi connectivity index (χ4v) is 17.5. The van der Waals surface area contributed by atoms with Gasteiger partial charge in [-0.25, -0.2) is 28.4 Å². The van der Waals surface area contributed by atoms with E-state index in [0.29, 0.717) is 122 Å². The number of H-pyrrole nitrogens is 3. The number of para-hydroxylation sites is 4. The molecule has 0 spiro atoms. The molecule has 4 atom stereocenters. The first kappa shape index (κ1) is 112. The highest BCUT2D eigenvalue weighted by Gasteiger charge is 2.33. The van der Waals surface area contributed by atoms with E-state index in [1.165, 1.54) is 6.92 Å². The van der Waals surface area contributed by atoms with Gasteiger partial charge in [-0.05, 0) is 157 Å². The molecular formula is C110H128N16O18S. The fraction of sp³-hybridized carbons (Fsp3) is 0.327. The Bertz CT molecular complexity index is 6730. The molecule has 145 heavy (non-hydrogen) atoms. The Kier molecular flexibility index (Phi) is 43.8. The second kappa shape index (κ2) is 56.4. The molecule has 34 nitrogen and oxygen atoms in total. The van der Waals surface area contributed by atoms with Crippen molar-refractivity contribution >= 4 is 165 Å². The minimum Gasteiger partial charge on any atom is -0.480 e. The lowest BCUT2D eigenvalue weighted by Crippen LogP contribution is -2.46. The van der Waals surface area contributed by atoms with Crippen LogP contribution in [0, 0.1) is 28.6 Å². The van der Waals surface area contributed by atoms with Gasteiger partial charge < -0.3 is 79.6 Å². The molecule has 4 amide bonds. The van der Waals surface area contributed by atoms with Crippen molar-refractivity contribution in [3.63, 3.8) is 0 Å². The molecule has 4 unspecified atom stereocenters. The zero-order valence-electron chi connectivity index (χ0n) is 81.7. The number of rotatable bonds is 54. The second-order valence-electron chi connectivity index (χ2n) is 35.9. The Labute approximate surface area is 841 Å². The van der Waals surface area contributed by atoms with Crippen LogP contribution in [0.15, 0.2) is 199 Å². The fourth-order valence-electron chi connectivity index (χ4n) is 16.8. The number of benzene rings is 8. The van der Waals surface area contributed by atoms with E-state index in [4.69, 9.17) is 44.6 Å². The molecule has 0 saturated carbocycles. The third-order valence-corrected chi connectivity index (χ3v) is 25.3. The number of carbonyl (C=O) groups is 13. The molecule has 0 radical (unpaired) electrons. The predicted molar refractivity (Wildman–Crippen MR) is 564 cm³/mol. The number of aromatic amines is 3. The van der Waals surface area contributed by atoms with Crippen LogP contribution in [0.2, 0.25) is 0 Å². The van der Waals surface area contributed by atoms with Gasteiger partial charge in [0.05, 0.1) is 39.5 Å². The molecule has 0 saturated heterocycles. The zero-order valence-corrected chi connectivity index (χ0v) is 82.5. The summed E-state index contributed by atoms with van der Waals surface area (Å²) in [4.78, 5) is 174. The highest BCUT2D eigenvalue weighted by Crippen LogP contribution is 2.30. The Hall–Kier alpha value is -16.2. The average Bonchev–Trinajstić information content (AvgIpc) is 1.64. The van der Waals surface area contributed by atoms with Crippen LogP contribution < -0.4 is 44.2 Å². The van der Waals surface area contributed by atoms with Gasteiger partial charge in [0.15, 0.2) is 5.78 Å². The first-order chi connectivity index (χ1) is 69.3. The van der Waals surface area contributed by atoms with Crippen molar-refractivity contribution in [2.75, 3.05) is 0 Å². The SMILES string of the molecule is C=S(=O)=C1C(C(=O)NC(Cc2ccc(CC(=O)CCCCCC(=N)N)cc2)C(=O)O)=Nc2ccccc21.CC(=O)c1c(C(=O)NC(Cc2ccc(CC(=O)CCCCCC(=N)N)cc2)C(=O)O)[nH]c2ccccc12.CCc1c(C(=O)NC(Cc2ccc(CC(=O)CCCCCC(=N)N)cc2)C(=O)O)[nH]c2ccccc12.Cc1c(C(=O)NC(Cc2ccc(CC(=O)CCCCCC(=N)N)cc2)C(=O)O)[nH]c2ccccc12. The van der Waals surface area contributed by atoms with E-state index in [0.717, 1.165) is 143 Å². The summed E-state index contributed by atoms with van der Waals surface area (Å²) >= 11 is 0. The molecule has 4 heterocycles. The zero-order chi connectivity index (χ0) is 105. The maximum Gasteiger partial charge on any atom is 0.326 e. The van der Waals surface area contributed by atoms with Crippen molar-refractivity contribution in [1.29, 1.82) is 21.6 Å². The number of nitrogens with two attached hydrogens (primary N) is 4. The number of aliphatic imine (C=N–C) groups is 1. The molecular weight excluding hydrogens is 1870 g/mol. The number of nitrogens with one attached hydrogen (secondary N) is 11. The molecule has 8 aromatic carbocycles. The molecule has 35 heteroatoms. The van der Waals surface area contributed by atoms with Crippen molar-refractivity contribution in [1.82, 2.24) is 36.2 Å². The Morgan fingerprint density at radius 3 is 0.966 bits per heavy atom. The van der Waals surface area contributed by atoms with E-state index in [1.807, 2.05) is 86.6 Å². The summed E-state index contributed by atoms with van der Waals surface area (Å²) in [5.41, 5.74) is 33.4. The number of Topliss-reactive ketones (excluding diaryl/α,β-unsaturated/α-hetero) is 5. The van der Waals surface area contributed by atoms with Gasteiger partial charge in [-0.15, -0.1) is 0 Å². The average molecular weight is 1990 g/mol. The summed E-state index contributed by atoms with van der Waals surface area (Å²) in [7, 11) is -1.74. The number of amides is 4. The smallest absolute Gasteiger partial charge is 0.326 e. The van der Waals surface area contributed by atoms with Gasteiger partial charge >= 0.3 is 23.9 Å². The number of aliphatic carboxylic acids is 4. The molecule has 1 aliphatic heterocycles. The van der Waals surface area contributed by atoms with E-state index < -0.39 is 81.7 Å². The Morgan fingerprint density at radius 2 is 0.634 bits per heavy atom. The van der Waals surface area contributed by atoms with Gasteiger partial charge in [-0.1, -0.05) is 202 Å². The highest BCUT2D eigenvalue weighted by molar-refractivity contribution is 7.85. The molecule has 12 rings (SSSR count). The number of ketones is 5. The van der Waals surface area contributed by atoms with Crippen LogP contribution in [0.1, 0.15) is 245 Å². The number of nitrogens with zero attached hydrogens (tertiary/aromatic N) is 1. The van der Waals surface area contributed by atoms with Gasteiger partial charge in [0, 0.05) is 151 Å². The second-order valence-corrected chi connectivity index (χ2v) is 37.0. The van der Waals surface area contributed by atoms with E-state index in [1.54, 1.807) is 121 Å². The molecule has 11 aromatic rings. The number of fused-ring (bicyclic) bond motifs is 4. The van der Waals surface area contributed by atoms with Crippen molar-refractivity contribution in [2.24, 2.45) is 27.9 Å². The third kappa shape index (κ3) is 35.8. The number of amidine groups is 4. The topological polar surface area (TPSA) is 627 Å². The largest absolute Gasteiger partial charge is 0.480 e. The number of carboxylic acids is 4. The van der Waals surface area contributed by atoms with Crippen LogP contribution in [0.25, 0.3) is 32.7 Å². The summed E-state index contributed by atoms with van der Waals surface area (Å²) in [6.45, 7) is 5.15. The first-order valence-corrected chi connectivity index (χ1v) is 49.5. The minimum atomic E-state index is -1.74. The molecule has 3 aromatic heterocycles. The van der Waals surface area contributed by atoms with Crippen LogP contribution >= 0.6 is 0 Å². The lowest BCUT2D eigenvalue weighted by molar-refractivity contribution is -0.141. The maximum absolute atomic E-state index is 13.0. The molecule has 23 N–H and O–H groups in total. The summed E-state index contributed by atoms with van der Waals surface area (Å²) in [6, 6.07) is 53.0. The lowest BCUT2D eigenvalue weighted by atomic mass is 10.00. The summed E-state index contributed by atoms with van der Waals surface area (Å²) in [6.07, 6.45) is 16.0. The maximum atomic E-state index is 13.0. The molecule has 0 fully saturated rings. The number of hydrogen-bond donors (Lipinski definition) is 19. The van der Waals surface area contributed by atoms with Crippen LogP contribution in [0.4, 0.5) is 5.69 Å². The van der Waals surface area contributed by atoms with Crippen molar-refractivity contribution < 1.29 is 87.0 Å². The van der Waals surface area contributed by atoms with Gasteiger partial charge in [-0.2, -0.15) is 0 Å². The lowest BCUT2D eigenvalue weighted by Gasteiger charge is -2.15. The van der Waals surface area contributed by atoms with E-state index >= 15 is 0 Å². The Balaban J connectivity index is 0.000000215. The van der Waals surface area contributed by atoms with Gasteiger partial charge in [-0.3, -0.25) is 64.8 Å². The van der Waals surface area contributed by atoms with E-state index in [9.17, 15) is 87.0 Å². The molecule has 0 aliphatic carbocycles. The number of carboxylic acid groups (broad SMARTS) is 4. The summed E-state index contributed by atoms with van der Waals surface area (Å²) < 4.78 is 12.2. The number of carbonyl (C=O) groups excluding carboxylic acids is 9. The minimum absolute atomic E-state index is 0.0223. The molecule has 0 bridgehead atoms. The van der Waals surface area contributed by atoms with E-state index in [-0.39, 0.29) is 106 Å². The molecule has 1 aliphatic rings. The van der Waals surface area contributed by atoms with Crippen LogP contribution in [0.3, 0.4) is 0 Å². The number of hydrogen-bond acceptors (Lipinski definition) is 19. The normalized spacial score (nSPS) is 12.0. The van der Waals surface area contributed by atoms with Crippen LogP contribution in [-0.4, -0.2) is 180 Å². The monoisotopic (exact) mass is 1990 g/mol. The highest BCUT2D eigenvalue weighted by atomic mass is 32.1.